The Morgan fingerprint density at radius 2 is 1.97 bits per heavy atom. The molecule has 0 radical (unpaired) electrons. The van der Waals surface area contributed by atoms with E-state index >= 15 is 0 Å². The number of methoxy groups -OCH3 is 1. The third kappa shape index (κ3) is 4.77. The second-order valence-corrected chi connectivity index (χ2v) is 7.70. The zero-order valence-corrected chi connectivity index (χ0v) is 17.5. The van der Waals surface area contributed by atoms with Gasteiger partial charge in [-0.25, -0.2) is 4.68 Å². The van der Waals surface area contributed by atoms with Crippen molar-refractivity contribution in [1.82, 2.24) is 30.1 Å². The average molecular weight is 409 g/mol. The zero-order chi connectivity index (χ0) is 20.9. The maximum absolute atomic E-state index is 12.5. The van der Waals surface area contributed by atoms with Crippen LogP contribution in [0.5, 0.6) is 5.75 Å². The minimum atomic E-state index is -0.0756. The lowest BCUT2D eigenvalue weighted by Crippen LogP contribution is -2.46. The Kier molecular flexibility index (Phi) is 6.25. The molecule has 8 nitrogen and oxygen atoms in total. The van der Waals surface area contributed by atoms with Crippen molar-refractivity contribution in [3.8, 4) is 5.75 Å². The topological polar surface area (TPSA) is 75.5 Å². The minimum absolute atomic E-state index is 0.0756. The molecule has 1 saturated heterocycles. The van der Waals surface area contributed by atoms with Gasteiger partial charge in [-0.05, 0) is 42.9 Å². The van der Waals surface area contributed by atoms with E-state index in [0.717, 1.165) is 49.6 Å². The van der Waals surface area contributed by atoms with Gasteiger partial charge in [0.25, 0.3) is 5.91 Å². The van der Waals surface area contributed by atoms with Crippen molar-refractivity contribution in [1.29, 1.82) is 0 Å². The van der Waals surface area contributed by atoms with Gasteiger partial charge in [0.2, 0.25) is 0 Å². The Morgan fingerprint density at radius 1 is 1.13 bits per heavy atom. The van der Waals surface area contributed by atoms with E-state index < -0.39 is 0 Å². The monoisotopic (exact) mass is 408 g/mol. The van der Waals surface area contributed by atoms with Crippen LogP contribution in [0.4, 0.5) is 0 Å². The first-order valence-electron chi connectivity index (χ1n) is 10.3. The van der Waals surface area contributed by atoms with Gasteiger partial charge in [-0.2, -0.15) is 0 Å². The molecule has 1 N–H and O–H groups in total. The molecule has 4 rings (SSSR count). The summed E-state index contributed by atoms with van der Waals surface area (Å²) in [4.78, 5) is 17.3. The Labute approximate surface area is 176 Å². The number of rotatable bonds is 7. The number of hydrogen-bond acceptors (Lipinski definition) is 6. The van der Waals surface area contributed by atoms with Gasteiger partial charge in [-0.3, -0.25) is 9.69 Å². The molecule has 158 valence electrons. The van der Waals surface area contributed by atoms with Crippen LogP contribution < -0.4 is 10.1 Å². The third-order valence-corrected chi connectivity index (χ3v) is 5.55. The molecule has 2 heterocycles. The minimum Gasteiger partial charge on any atom is -0.497 e. The van der Waals surface area contributed by atoms with Crippen LogP contribution in [0.3, 0.4) is 0 Å². The molecule has 0 unspecified atom stereocenters. The van der Waals surface area contributed by atoms with Crippen LogP contribution in [-0.4, -0.2) is 84.1 Å². The van der Waals surface area contributed by atoms with Crippen LogP contribution in [0.25, 0.3) is 11.0 Å². The number of ether oxygens (including phenoxy) is 1. The van der Waals surface area contributed by atoms with E-state index in [-0.39, 0.29) is 5.91 Å². The number of fused-ring (bicyclic) bond motifs is 1. The number of aromatic nitrogens is 3. The highest BCUT2D eigenvalue weighted by Crippen LogP contribution is 2.17. The second-order valence-electron chi connectivity index (χ2n) is 7.70. The van der Waals surface area contributed by atoms with E-state index in [4.69, 9.17) is 4.74 Å². The summed E-state index contributed by atoms with van der Waals surface area (Å²) in [5, 5.41) is 11.5. The quantitative estimate of drug-likeness (QED) is 0.638. The number of likely N-dealkylation sites (N-methyl/N-ethyl adjacent to an activating group) is 1. The number of hydrogen-bond donors (Lipinski definition) is 1. The lowest BCUT2D eigenvalue weighted by molar-refractivity contribution is 0.0941. The molecule has 3 aromatic rings. The maximum atomic E-state index is 12.5. The van der Waals surface area contributed by atoms with Crippen molar-refractivity contribution < 1.29 is 9.53 Å². The summed E-state index contributed by atoms with van der Waals surface area (Å²) in [6, 6.07) is 13.4. The molecule has 2 aromatic carbocycles. The molecular formula is C22H28N6O2. The Hall–Kier alpha value is -2.97. The summed E-state index contributed by atoms with van der Waals surface area (Å²) in [5.41, 5.74) is 3.29. The van der Waals surface area contributed by atoms with Crippen molar-refractivity contribution in [2.75, 3.05) is 53.4 Å². The van der Waals surface area contributed by atoms with Gasteiger partial charge in [-0.1, -0.05) is 17.3 Å². The van der Waals surface area contributed by atoms with E-state index in [1.165, 1.54) is 0 Å². The van der Waals surface area contributed by atoms with E-state index in [1.54, 1.807) is 13.2 Å². The predicted octanol–water partition coefficient (Wildman–Crippen LogP) is 1.47. The molecule has 0 bridgehead atoms. The van der Waals surface area contributed by atoms with Crippen molar-refractivity contribution in [2.24, 2.45) is 0 Å². The van der Waals surface area contributed by atoms with Crippen molar-refractivity contribution in [2.45, 2.75) is 6.54 Å². The first kappa shape index (κ1) is 20.3. The van der Waals surface area contributed by atoms with E-state index in [0.29, 0.717) is 24.2 Å². The van der Waals surface area contributed by atoms with Crippen LogP contribution in [-0.2, 0) is 6.54 Å². The molecule has 1 aromatic heterocycles. The summed E-state index contributed by atoms with van der Waals surface area (Å²) in [5.74, 6) is 0.737. The van der Waals surface area contributed by atoms with Crippen molar-refractivity contribution >= 4 is 16.9 Å². The van der Waals surface area contributed by atoms with E-state index in [2.05, 4.69) is 32.5 Å². The molecule has 0 aliphatic carbocycles. The first-order valence-corrected chi connectivity index (χ1v) is 10.3. The zero-order valence-electron chi connectivity index (χ0n) is 17.5. The van der Waals surface area contributed by atoms with Crippen molar-refractivity contribution in [3.05, 3.63) is 53.6 Å². The van der Waals surface area contributed by atoms with E-state index in [9.17, 15) is 4.79 Å². The number of carbonyl (C=O) groups excluding carboxylic acids is 1. The Bertz CT molecular complexity index is 1010. The number of carbonyl (C=O) groups is 1. The summed E-state index contributed by atoms with van der Waals surface area (Å²) in [6.45, 7) is 6.36. The van der Waals surface area contributed by atoms with Crippen LogP contribution in [0.2, 0.25) is 0 Å². The highest BCUT2D eigenvalue weighted by Gasteiger charge is 2.14. The molecule has 0 spiro atoms. The molecule has 1 fully saturated rings. The number of nitrogens with one attached hydrogen (secondary N) is 1. The van der Waals surface area contributed by atoms with Crippen LogP contribution >= 0.6 is 0 Å². The SMILES string of the molecule is COc1cccc(Cn2nnc3cc(C(=O)NCCN4CCN(C)CC4)ccc32)c1. The molecule has 0 saturated carbocycles. The van der Waals surface area contributed by atoms with Crippen LogP contribution in [0, 0.1) is 0 Å². The van der Waals surface area contributed by atoms with Crippen LogP contribution in [0.15, 0.2) is 42.5 Å². The lowest BCUT2D eigenvalue weighted by Gasteiger charge is -2.32. The molecule has 1 amide bonds. The molecule has 8 heteroatoms. The molecule has 30 heavy (non-hydrogen) atoms. The standard InChI is InChI=1S/C22H28N6O2/c1-26-10-12-27(13-11-26)9-8-23-22(29)18-6-7-21-20(15-18)24-25-28(21)16-17-4-3-5-19(14-17)30-2/h3-7,14-15H,8-13,16H2,1-2H3,(H,23,29). The lowest BCUT2D eigenvalue weighted by atomic mass is 10.1. The second kappa shape index (κ2) is 9.23. The highest BCUT2D eigenvalue weighted by atomic mass is 16.5. The Balaban J connectivity index is 1.37. The first-order chi connectivity index (χ1) is 14.6. The fraction of sp³-hybridized carbons (Fsp3) is 0.409. The molecule has 0 atom stereocenters. The number of benzene rings is 2. The molecular weight excluding hydrogens is 380 g/mol. The largest absolute Gasteiger partial charge is 0.497 e. The molecule has 1 aliphatic rings. The van der Waals surface area contributed by atoms with Gasteiger partial charge in [0.05, 0.1) is 19.2 Å². The van der Waals surface area contributed by atoms with Gasteiger partial charge in [-0.15, -0.1) is 5.10 Å². The van der Waals surface area contributed by atoms with Gasteiger partial charge in [0, 0.05) is 44.8 Å². The van der Waals surface area contributed by atoms with Gasteiger partial charge >= 0.3 is 0 Å². The van der Waals surface area contributed by atoms with Gasteiger partial charge in [0.1, 0.15) is 11.3 Å². The summed E-state index contributed by atoms with van der Waals surface area (Å²) >= 11 is 0. The van der Waals surface area contributed by atoms with Crippen LogP contribution in [0.1, 0.15) is 15.9 Å². The Morgan fingerprint density at radius 3 is 2.77 bits per heavy atom. The van der Waals surface area contributed by atoms with E-state index in [1.807, 2.05) is 41.1 Å². The molecule has 1 aliphatic heterocycles. The van der Waals surface area contributed by atoms with Crippen molar-refractivity contribution in [3.63, 3.8) is 0 Å². The summed E-state index contributed by atoms with van der Waals surface area (Å²) in [7, 11) is 3.80. The maximum Gasteiger partial charge on any atom is 0.251 e. The number of amides is 1. The smallest absolute Gasteiger partial charge is 0.251 e. The highest BCUT2D eigenvalue weighted by molar-refractivity contribution is 5.97. The fourth-order valence-corrected chi connectivity index (χ4v) is 3.68. The van der Waals surface area contributed by atoms with Gasteiger partial charge in [0.15, 0.2) is 0 Å². The normalized spacial score (nSPS) is 15.4. The number of nitrogens with zero attached hydrogens (tertiary/aromatic N) is 5. The third-order valence-electron chi connectivity index (χ3n) is 5.55. The fourth-order valence-electron chi connectivity index (χ4n) is 3.68. The predicted molar refractivity (Wildman–Crippen MR) is 116 cm³/mol. The number of piperazine rings is 1. The summed E-state index contributed by atoms with van der Waals surface area (Å²) in [6.07, 6.45) is 0. The summed E-state index contributed by atoms with van der Waals surface area (Å²) < 4.78 is 7.12. The average Bonchev–Trinajstić information content (AvgIpc) is 3.17. The van der Waals surface area contributed by atoms with Gasteiger partial charge < -0.3 is 15.0 Å².